The fourth-order valence-corrected chi connectivity index (χ4v) is 4.22. The number of nitro benzene ring substituents is 1. The van der Waals surface area contributed by atoms with Crippen molar-refractivity contribution in [3.8, 4) is 5.69 Å². The number of carbonyl (C=O) groups excluding carboxylic acids is 1. The van der Waals surface area contributed by atoms with Gasteiger partial charge in [0.2, 0.25) is 5.16 Å². The molecule has 0 bridgehead atoms. The van der Waals surface area contributed by atoms with E-state index >= 15 is 0 Å². The molecule has 0 N–H and O–H groups in total. The van der Waals surface area contributed by atoms with Crippen molar-refractivity contribution in [1.29, 1.82) is 0 Å². The van der Waals surface area contributed by atoms with Crippen LogP contribution in [0.3, 0.4) is 0 Å². The van der Waals surface area contributed by atoms with Crippen molar-refractivity contribution >= 4 is 23.2 Å². The summed E-state index contributed by atoms with van der Waals surface area (Å²) in [5, 5.41) is 20.7. The molecule has 7 nitrogen and oxygen atoms in total. The molecule has 0 aliphatic heterocycles. The summed E-state index contributed by atoms with van der Waals surface area (Å²) in [4.78, 5) is 24.4. The molecule has 1 aromatic heterocycles. The number of aryl methyl sites for hydroxylation is 2. The van der Waals surface area contributed by atoms with Crippen molar-refractivity contribution < 1.29 is 9.72 Å². The summed E-state index contributed by atoms with van der Waals surface area (Å²) in [7, 11) is 0. The monoisotopic (exact) mass is 430 g/mol. The van der Waals surface area contributed by atoms with Gasteiger partial charge in [-0.05, 0) is 49.4 Å². The maximum Gasteiger partial charge on any atom is 0.284 e. The highest BCUT2D eigenvalue weighted by Crippen LogP contribution is 2.36. The van der Waals surface area contributed by atoms with Gasteiger partial charge in [0, 0.05) is 17.2 Å². The van der Waals surface area contributed by atoms with Crippen LogP contribution in [-0.4, -0.2) is 25.5 Å². The third-order valence-corrected chi connectivity index (χ3v) is 5.82. The number of nitrogens with zero attached hydrogens (tertiary/aromatic N) is 4. The molecule has 4 rings (SSSR count). The minimum absolute atomic E-state index is 0.149. The zero-order valence-corrected chi connectivity index (χ0v) is 17.7. The Bertz CT molecular complexity index is 1290. The smallest absolute Gasteiger partial charge is 0.284 e. The topological polar surface area (TPSA) is 90.9 Å². The van der Waals surface area contributed by atoms with Gasteiger partial charge in [-0.25, -0.2) is 0 Å². The Morgan fingerprint density at radius 2 is 1.65 bits per heavy atom. The SMILES string of the molecule is Cc1ccccc1-n1c(C)nnc1Sc1ccc(C(=O)c2ccccc2)cc1[N+](=O)[O-]. The van der Waals surface area contributed by atoms with Gasteiger partial charge in [-0.15, -0.1) is 10.2 Å². The molecule has 0 aliphatic carbocycles. The fourth-order valence-electron chi connectivity index (χ4n) is 3.24. The van der Waals surface area contributed by atoms with E-state index in [-0.39, 0.29) is 17.0 Å². The van der Waals surface area contributed by atoms with E-state index in [9.17, 15) is 14.9 Å². The van der Waals surface area contributed by atoms with E-state index in [1.54, 1.807) is 36.4 Å². The molecule has 4 aromatic rings. The van der Waals surface area contributed by atoms with Crippen molar-refractivity contribution in [3.05, 3.63) is 105 Å². The Hall–Kier alpha value is -3.78. The van der Waals surface area contributed by atoms with Gasteiger partial charge in [0.05, 0.1) is 15.5 Å². The van der Waals surface area contributed by atoms with E-state index in [2.05, 4.69) is 10.2 Å². The van der Waals surface area contributed by atoms with Crippen LogP contribution in [0.4, 0.5) is 5.69 Å². The molecule has 31 heavy (non-hydrogen) atoms. The number of para-hydroxylation sites is 1. The standard InChI is InChI=1S/C23H18N4O3S/c1-15-8-6-7-11-19(15)26-16(2)24-25-23(26)31-21-13-12-18(14-20(21)27(29)30)22(28)17-9-4-3-5-10-17/h3-14H,1-2H3. The highest BCUT2D eigenvalue weighted by Gasteiger charge is 2.22. The first kappa shape index (κ1) is 20.5. The highest BCUT2D eigenvalue weighted by atomic mass is 32.2. The number of carbonyl (C=O) groups is 1. The number of aromatic nitrogens is 3. The van der Waals surface area contributed by atoms with Crippen LogP contribution in [0.1, 0.15) is 27.3 Å². The van der Waals surface area contributed by atoms with Gasteiger partial charge in [-0.3, -0.25) is 19.5 Å². The third-order valence-electron chi connectivity index (χ3n) is 4.81. The highest BCUT2D eigenvalue weighted by molar-refractivity contribution is 7.99. The van der Waals surface area contributed by atoms with Gasteiger partial charge >= 0.3 is 0 Å². The second kappa shape index (κ2) is 8.53. The zero-order chi connectivity index (χ0) is 22.0. The Balaban J connectivity index is 1.73. The Morgan fingerprint density at radius 3 is 2.35 bits per heavy atom. The molecule has 0 aliphatic rings. The van der Waals surface area contributed by atoms with Gasteiger partial charge in [0.1, 0.15) is 5.82 Å². The molecule has 0 radical (unpaired) electrons. The van der Waals surface area contributed by atoms with E-state index < -0.39 is 4.92 Å². The number of benzene rings is 3. The molecule has 0 atom stereocenters. The maximum absolute atomic E-state index is 12.7. The lowest BCUT2D eigenvalue weighted by Gasteiger charge is -2.11. The van der Waals surface area contributed by atoms with Crippen molar-refractivity contribution in [3.63, 3.8) is 0 Å². The maximum atomic E-state index is 12.7. The van der Waals surface area contributed by atoms with Crippen LogP contribution in [0.2, 0.25) is 0 Å². The molecule has 8 heteroatoms. The summed E-state index contributed by atoms with van der Waals surface area (Å²) in [5.41, 5.74) is 2.53. The van der Waals surface area contributed by atoms with E-state index in [0.717, 1.165) is 23.0 Å². The Labute approximate surface area is 182 Å². The predicted molar refractivity (Wildman–Crippen MR) is 118 cm³/mol. The van der Waals surface area contributed by atoms with E-state index in [0.29, 0.717) is 21.4 Å². The van der Waals surface area contributed by atoms with Crippen LogP contribution >= 0.6 is 11.8 Å². The fraction of sp³-hybridized carbons (Fsp3) is 0.0870. The Kier molecular flexibility index (Phi) is 5.64. The summed E-state index contributed by atoms with van der Waals surface area (Å²) < 4.78 is 1.87. The van der Waals surface area contributed by atoms with E-state index in [1.807, 2.05) is 48.7 Å². The summed E-state index contributed by atoms with van der Waals surface area (Å²) in [6.45, 7) is 3.81. The van der Waals surface area contributed by atoms with Crippen LogP contribution in [0.15, 0.2) is 82.8 Å². The number of nitro groups is 1. The first-order valence-corrected chi connectivity index (χ1v) is 10.3. The summed E-state index contributed by atoms with van der Waals surface area (Å²) in [6, 6.07) is 21.0. The van der Waals surface area contributed by atoms with Crippen LogP contribution in [0, 0.1) is 24.0 Å². The molecule has 154 valence electrons. The van der Waals surface area contributed by atoms with Gasteiger partial charge in [0.15, 0.2) is 5.78 Å². The van der Waals surface area contributed by atoms with E-state index in [1.165, 1.54) is 6.07 Å². The molecule has 1 heterocycles. The number of rotatable bonds is 6. The van der Waals surface area contributed by atoms with Crippen molar-refractivity contribution in [2.45, 2.75) is 23.9 Å². The number of ketones is 1. The molecule has 0 amide bonds. The normalized spacial score (nSPS) is 10.8. The minimum Gasteiger partial charge on any atom is -0.289 e. The molecule has 0 spiro atoms. The predicted octanol–water partition coefficient (Wildman–Crippen LogP) is 5.17. The average molecular weight is 430 g/mol. The van der Waals surface area contributed by atoms with Crippen LogP contribution < -0.4 is 0 Å². The Morgan fingerprint density at radius 1 is 0.935 bits per heavy atom. The second-order valence-electron chi connectivity index (χ2n) is 6.89. The third kappa shape index (κ3) is 4.10. The molecule has 0 fully saturated rings. The van der Waals surface area contributed by atoms with Gasteiger partial charge in [0.25, 0.3) is 5.69 Å². The zero-order valence-electron chi connectivity index (χ0n) is 16.9. The quantitative estimate of drug-likeness (QED) is 0.238. The molecule has 3 aromatic carbocycles. The molecule has 0 saturated heterocycles. The number of hydrogen-bond acceptors (Lipinski definition) is 6. The van der Waals surface area contributed by atoms with Crippen LogP contribution in [0.5, 0.6) is 0 Å². The largest absolute Gasteiger partial charge is 0.289 e. The molecule has 0 saturated carbocycles. The summed E-state index contributed by atoms with van der Waals surface area (Å²) >= 11 is 1.15. The van der Waals surface area contributed by atoms with Crippen molar-refractivity contribution in [2.75, 3.05) is 0 Å². The lowest BCUT2D eigenvalue weighted by Crippen LogP contribution is -2.04. The van der Waals surface area contributed by atoms with Crippen LogP contribution in [-0.2, 0) is 0 Å². The summed E-state index contributed by atoms with van der Waals surface area (Å²) in [5.74, 6) is 0.412. The first-order valence-electron chi connectivity index (χ1n) is 9.50. The lowest BCUT2D eigenvalue weighted by atomic mass is 10.0. The van der Waals surface area contributed by atoms with Gasteiger partial charge in [-0.2, -0.15) is 0 Å². The van der Waals surface area contributed by atoms with Gasteiger partial charge in [-0.1, -0.05) is 48.5 Å². The summed E-state index contributed by atoms with van der Waals surface area (Å²) in [6.07, 6.45) is 0. The molecular weight excluding hydrogens is 412 g/mol. The van der Waals surface area contributed by atoms with E-state index in [4.69, 9.17) is 0 Å². The molecular formula is C23H18N4O3S. The molecule has 0 unspecified atom stereocenters. The number of hydrogen-bond donors (Lipinski definition) is 0. The van der Waals surface area contributed by atoms with Crippen LogP contribution in [0.25, 0.3) is 5.69 Å². The first-order chi connectivity index (χ1) is 15.0. The lowest BCUT2D eigenvalue weighted by molar-refractivity contribution is -0.387. The second-order valence-corrected chi connectivity index (χ2v) is 7.90. The van der Waals surface area contributed by atoms with Gasteiger partial charge < -0.3 is 0 Å². The van der Waals surface area contributed by atoms with Crippen molar-refractivity contribution in [1.82, 2.24) is 14.8 Å². The average Bonchev–Trinajstić information content (AvgIpc) is 3.14. The minimum atomic E-state index is -0.481. The van der Waals surface area contributed by atoms with Crippen molar-refractivity contribution in [2.24, 2.45) is 0 Å².